The van der Waals surface area contributed by atoms with Crippen molar-refractivity contribution in [3.05, 3.63) is 0 Å². The number of nitrogens with one attached hydrogen (secondary N) is 1. The van der Waals surface area contributed by atoms with Crippen LogP contribution in [0.5, 0.6) is 0 Å². The number of carbonyl (C=O) groups is 2. The quantitative estimate of drug-likeness (QED) is 0.853. The van der Waals surface area contributed by atoms with Gasteiger partial charge in [-0.05, 0) is 18.3 Å². The van der Waals surface area contributed by atoms with Gasteiger partial charge in [-0.1, -0.05) is 41.0 Å². The zero-order chi connectivity index (χ0) is 14.8. The van der Waals surface area contributed by atoms with Crippen LogP contribution in [0.25, 0.3) is 0 Å². The fourth-order valence-electron chi connectivity index (χ4n) is 2.43. The average molecular weight is 268 g/mol. The number of amides is 2. The highest BCUT2D eigenvalue weighted by atomic mass is 16.2. The van der Waals surface area contributed by atoms with E-state index < -0.39 is 6.04 Å². The molecule has 0 aromatic heterocycles. The fourth-order valence-corrected chi connectivity index (χ4v) is 2.43. The SMILES string of the molecule is CCC(C)C(C)N1CCC(=O)NC(C(C)(C)C)C1=O. The van der Waals surface area contributed by atoms with E-state index in [0.717, 1.165) is 6.42 Å². The maximum atomic E-state index is 12.7. The molecule has 1 aliphatic rings. The van der Waals surface area contributed by atoms with E-state index in [9.17, 15) is 9.59 Å². The van der Waals surface area contributed by atoms with Crippen LogP contribution in [-0.2, 0) is 9.59 Å². The molecule has 1 rings (SSSR count). The van der Waals surface area contributed by atoms with Crippen molar-refractivity contribution in [3.63, 3.8) is 0 Å². The summed E-state index contributed by atoms with van der Waals surface area (Å²) >= 11 is 0. The molecule has 4 heteroatoms. The molecule has 0 bridgehead atoms. The molecule has 0 aliphatic carbocycles. The third-order valence-electron chi connectivity index (χ3n) is 4.24. The lowest BCUT2D eigenvalue weighted by molar-refractivity contribution is -0.139. The molecule has 0 aromatic carbocycles. The van der Waals surface area contributed by atoms with Crippen molar-refractivity contribution in [1.29, 1.82) is 0 Å². The van der Waals surface area contributed by atoms with Gasteiger partial charge < -0.3 is 10.2 Å². The summed E-state index contributed by atoms with van der Waals surface area (Å²) in [4.78, 5) is 26.4. The maximum Gasteiger partial charge on any atom is 0.245 e. The van der Waals surface area contributed by atoms with Gasteiger partial charge in [0.25, 0.3) is 0 Å². The summed E-state index contributed by atoms with van der Waals surface area (Å²) in [7, 11) is 0. The fraction of sp³-hybridized carbons (Fsp3) is 0.867. The van der Waals surface area contributed by atoms with Gasteiger partial charge in [-0.2, -0.15) is 0 Å². The number of nitrogens with zero attached hydrogens (tertiary/aromatic N) is 1. The van der Waals surface area contributed by atoms with Crippen molar-refractivity contribution in [1.82, 2.24) is 10.2 Å². The first-order valence-corrected chi connectivity index (χ1v) is 7.28. The van der Waals surface area contributed by atoms with E-state index in [4.69, 9.17) is 0 Å². The summed E-state index contributed by atoms with van der Waals surface area (Å²) in [6.07, 6.45) is 1.44. The highest BCUT2D eigenvalue weighted by Gasteiger charge is 2.39. The monoisotopic (exact) mass is 268 g/mol. The molecular formula is C15H28N2O2. The van der Waals surface area contributed by atoms with Gasteiger partial charge in [-0.25, -0.2) is 0 Å². The second-order valence-electron chi connectivity index (χ2n) is 6.77. The molecule has 1 saturated heterocycles. The van der Waals surface area contributed by atoms with Gasteiger partial charge in [-0.3, -0.25) is 9.59 Å². The van der Waals surface area contributed by atoms with Crippen LogP contribution in [0.3, 0.4) is 0 Å². The molecule has 4 nitrogen and oxygen atoms in total. The van der Waals surface area contributed by atoms with Gasteiger partial charge in [0.1, 0.15) is 6.04 Å². The van der Waals surface area contributed by atoms with Gasteiger partial charge in [0.2, 0.25) is 11.8 Å². The smallest absolute Gasteiger partial charge is 0.245 e. The highest BCUT2D eigenvalue weighted by molar-refractivity contribution is 5.90. The lowest BCUT2D eigenvalue weighted by atomic mass is 9.85. The minimum atomic E-state index is -0.422. The summed E-state index contributed by atoms with van der Waals surface area (Å²) in [6, 6.07) is -0.246. The van der Waals surface area contributed by atoms with Crippen molar-refractivity contribution in [2.75, 3.05) is 6.54 Å². The van der Waals surface area contributed by atoms with Crippen LogP contribution in [0.1, 0.15) is 54.4 Å². The van der Waals surface area contributed by atoms with Crippen LogP contribution in [-0.4, -0.2) is 35.3 Å². The molecule has 110 valence electrons. The normalized spacial score (nSPS) is 24.7. The second-order valence-corrected chi connectivity index (χ2v) is 6.77. The lowest BCUT2D eigenvalue weighted by Gasteiger charge is -2.37. The average Bonchev–Trinajstić information content (AvgIpc) is 2.47. The first-order chi connectivity index (χ1) is 8.68. The molecule has 0 saturated carbocycles. The molecular weight excluding hydrogens is 240 g/mol. The number of hydrogen-bond acceptors (Lipinski definition) is 2. The topological polar surface area (TPSA) is 49.4 Å². The molecule has 19 heavy (non-hydrogen) atoms. The Morgan fingerprint density at radius 3 is 2.37 bits per heavy atom. The number of carbonyl (C=O) groups excluding carboxylic acids is 2. The van der Waals surface area contributed by atoms with E-state index >= 15 is 0 Å². The van der Waals surface area contributed by atoms with Gasteiger partial charge >= 0.3 is 0 Å². The van der Waals surface area contributed by atoms with Crippen LogP contribution >= 0.6 is 0 Å². The van der Waals surface area contributed by atoms with Crippen LogP contribution in [0.4, 0.5) is 0 Å². The van der Waals surface area contributed by atoms with E-state index in [1.807, 2.05) is 25.7 Å². The van der Waals surface area contributed by atoms with E-state index in [1.165, 1.54) is 0 Å². The van der Waals surface area contributed by atoms with E-state index in [2.05, 4.69) is 26.1 Å². The Balaban J connectivity index is 2.99. The predicted molar refractivity (Wildman–Crippen MR) is 76.6 cm³/mol. The lowest BCUT2D eigenvalue weighted by Crippen LogP contribution is -2.54. The number of rotatable bonds is 3. The molecule has 0 aromatic rings. The minimum absolute atomic E-state index is 0.0212. The van der Waals surface area contributed by atoms with Crippen molar-refractivity contribution in [2.45, 2.75) is 66.5 Å². The van der Waals surface area contributed by atoms with Crippen LogP contribution in [0.2, 0.25) is 0 Å². The van der Waals surface area contributed by atoms with E-state index in [-0.39, 0.29) is 23.3 Å². The first-order valence-electron chi connectivity index (χ1n) is 7.28. The molecule has 1 heterocycles. The Kier molecular flexibility index (Phi) is 4.99. The summed E-state index contributed by atoms with van der Waals surface area (Å²) < 4.78 is 0. The van der Waals surface area contributed by atoms with Gasteiger partial charge in [-0.15, -0.1) is 0 Å². The van der Waals surface area contributed by atoms with Crippen molar-refractivity contribution in [2.24, 2.45) is 11.3 Å². The molecule has 1 N–H and O–H groups in total. The van der Waals surface area contributed by atoms with Gasteiger partial charge in [0, 0.05) is 19.0 Å². The third kappa shape index (κ3) is 3.71. The first kappa shape index (κ1) is 16.0. The standard InChI is InChI=1S/C15H28N2O2/c1-7-10(2)11(3)17-9-8-12(18)16-13(14(17)19)15(4,5)6/h10-11,13H,7-9H2,1-6H3,(H,16,18). The largest absolute Gasteiger partial charge is 0.344 e. The zero-order valence-electron chi connectivity index (χ0n) is 13.1. The van der Waals surface area contributed by atoms with Crippen molar-refractivity contribution < 1.29 is 9.59 Å². The zero-order valence-corrected chi connectivity index (χ0v) is 13.1. The Bertz CT molecular complexity index is 347. The predicted octanol–water partition coefficient (Wildman–Crippen LogP) is 2.18. The van der Waals surface area contributed by atoms with E-state index in [0.29, 0.717) is 18.9 Å². The summed E-state index contributed by atoms with van der Waals surface area (Å²) in [5, 5.41) is 2.88. The van der Waals surface area contributed by atoms with Crippen LogP contribution in [0.15, 0.2) is 0 Å². The Morgan fingerprint density at radius 1 is 1.32 bits per heavy atom. The molecule has 3 unspecified atom stereocenters. The molecule has 1 aliphatic heterocycles. The Labute approximate surface area is 116 Å². The molecule has 1 fully saturated rings. The van der Waals surface area contributed by atoms with Crippen molar-refractivity contribution >= 4 is 11.8 Å². The molecule has 3 atom stereocenters. The Morgan fingerprint density at radius 2 is 1.89 bits per heavy atom. The third-order valence-corrected chi connectivity index (χ3v) is 4.24. The van der Waals surface area contributed by atoms with Crippen LogP contribution in [0, 0.1) is 11.3 Å². The summed E-state index contributed by atoms with van der Waals surface area (Å²) in [5.41, 5.74) is -0.259. The minimum Gasteiger partial charge on any atom is -0.344 e. The molecule has 0 spiro atoms. The summed E-state index contributed by atoms with van der Waals surface area (Å²) in [5.74, 6) is 0.482. The Hall–Kier alpha value is -1.06. The van der Waals surface area contributed by atoms with Crippen molar-refractivity contribution in [3.8, 4) is 0 Å². The molecule has 0 radical (unpaired) electrons. The second kappa shape index (κ2) is 5.93. The maximum absolute atomic E-state index is 12.7. The summed E-state index contributed by atoms with van der Waals surface area (Å²) in [6.45, 7) is 12.9. The highest BCUT2D eigenvalue weighted by Crippen LogP contribution is 2.25. The van der Waals surface area contributed by atoms with Gasteiger partial charge in [0.05, 0.1) is 0 Å². The van der Waals surface area contributed by atoms with Gasteiger partial charge in [0.15, 0.2) is 0 Å². The van der Waals surface area contributed by atoms with E-state index in [1.54, 1.807) is 0 Å². The molecule has 2 amide bonds. The number of hydrogen-bond donors (Lipinski definition) is 1. The van der Waals surface area contributed by atoms with Crippen LogP contribution < -0.4 is 5.32 Å².